The number of amides is 3. The van der Waals surface area contributed by atoms with E-state index in [0.29, 0.717) is 22.9 Å². The molecule has 2 aromatic rings. The summed E-state index contributed by atoms with van der Waals surface area (Å²) >= 11 is 0. The molecule has 3 atom stereocenters. The van der Waals surface area contributed by atoms with Gasteiger partial charge in [-0.2, -0.15) is 0 Å². The van der Waals surface area contributed by atoms with Crippen LogP contribution >= 0.6 is 0 Å². The predicted molar refractivity (Wildman–Crippen MR) is 114 cm³/mol. The third-order valence-corrected chi connectivity index (χ3v) is 5.37. The highest BCUT2D eigenvalue weighted by molar-refractivity contribution is 5.99. The van der Waals surface area contributed by atoms with Crippen LogP contribution in [-0.2, 0) is 9.59 Å². The van der Waals surface area contributed by atoms with Gasteiger partial charge in [-0.25, -0.2) is 0 Å². The number of rotatable bonds is 6. The standard InChI is InChI=1S/C23H27N3O4/c1-13-7-5-10-20(15(13)3)30-16(4)21(27)25-26-22(28)17-8-6-9-18(12-17)24-23(29)19-11-14(19)2/h5-10,12,14,16,19H,11H2,1-4H3,(H,24,29)(H,25,27)(H,26,28). The summed E-state index contributed by atoms with van der Waals surface area (Å²) in [7, 11) is 0. The van der Waals surface area contributed by atoms with E-state index in [4.69, 9.17) is 4.74 Å². The first-order valence-corrected chi connectivity index (χ1v) is 10.00. The highest BCUT2D eigenvalue weighted by atomic mass is 16.5. The molecule has 2 aromatic carbocycles. The molecule has 3 N–H and O–H groups in total. The van der Waals surface area contributed by atoms with Gasteiger partial charge < -0.3 is 10.1 Å². The van der Waals surface area contributed by atoms with Gasteiger partial charge in [-0.1, -0.05) is 25.1 Å². The van der Waals surface area contributed by atoms with Crippen molar-refractivity contribution < 1.29 is 19.1 Å². The molecule has 3 amide bonds. The Labute approximate surface area is 176 Å². The van der Waals surface area contributed by atoms with Crippen molar-refractivity contribution >= 4 is 23.4 Å². The number of benzene rings is 2. The van der Waals surface area contributed by atoms with E-state index in [1.54, 1.807) is 37.3 Å². The molecule has 158 valence electrons. The zero-order valence-electron chi connectivity index (χ0n) is 17.6. The maximum Gasteiger partial charge on any atom is 0.279 e. The molecule has 0 aliphatic heterocycles. The number of carbonyl (C=O) groups is 3. The van der Waals surface area contributed by atoms with E-state index in [1.807, 2.05) is 32.9 Å². The molecule has 3 unspecified atom stereocenters. The first kappa shape index (κ1) is 21.4. The second-order valence-electron chi connectivity index (χ2n) is 7.79. The Morgan fingerprint density at radius 3 is 2.47 bits per heavy atom. The smallest absolute Gasteiger partial charge is 0.279 e. The van der Waals surface area contributed by atoms with Gasteiger partial charge >= 0.3 is 0 Å². The van der Waals surface area contributed by atoms with Gasteiger partial charge in [-0.15, -0.1) is 0 Å². The Kier molecular flexibility index (Phi) is 6.40. The average Bonchev–Trinajstić information content (AvgIpc) is 3.46. The summed E-state index contributed by atoms with van der Waals surface area (Å²) in [6, 6.07) is 12.2. The fourth-order valence-electron chi connectivity index (χ4n) is 3.05. The van der Waals surface area contributed by atoms with Gasteiger partial charge in [0.25, 0.3) is 11.8 Å². The number of aryl methyl sites for hydroxylation is 1. The van der Waals surface area contributed by atoms with E-state index in [1.165, 1.54) is 0 Å². The van der Waals surface area contributed by atoms with Gasteiger partial charge in [0.15, 0.2) is 6.10 Å². The SMILES string of the molecule is Cc1cccc(OC(C)C(=O)NNC(=O)c2cccc(NC(=O)C3CC3C)c2)c1C. The number of ether oxygens (including phenoxy) is 1. The zero-order chi connectivity index (χ0) is 21.8. The summed E-state index contributed by atoms with van der Waals surface area (Å²) in [5, 5.41) is 2.82. The van der Waals surface area contributed by atoms with E-state index < -0.39 is 17.9 Å². The second kappa shape index (κ2) is 8.98. The molecule has 0 spiro atoms. The summed E-state index contributed by atoms with van der Waals surface area (Å²) in [4.78, 5) is 36.8. The zero-order valence-corrected chi connectivity index (χ0v) is 17.6. The molecule has 7 heteroatoms. The number of hydrazine groups is 1. The van der Waals surface area contributed by atoms with Crippen molar-refractivity contribution in [1.82, 2.24) is 10.9 Å². The van der Waals surface area contributed by atoms with Crippen LogP contribution in [-0.4, -0.2) is 23.8 Å². The van der Waals surface area contributed by atoms with Crippen molar-refractivity contribution in [2.75, 3.05) is 5.32 Å². The van der Waals surface area contributed by atoms with Crippen LogP contribution in [0.15, 0.2) is 42.5 Å². The lowest BCUT2D eigenvalue weighted by atomic mass is 10.1. The van der Waals surface area contributed by atoms with Crippen LogP contribution in [0, 0.1) is 25.7 Å². The molecule has 0 saturated heterocycles. The van der Waals surface area contributed by atoms with Crippen LogP contribution in [0.4, 0.5) is 5.69 Å². The Morgan fingerprint density at radius 2 is 1.77 bits per heavy atom. The fourth-order valence-corrected chi connectivity index (χ4v) is 3.05. The van der Waals surface area contributed by atoms with Gasteiger partial charge in [-0.3, -0.25) is 25.2 Å². The van der Waals surface area contributed by atoms with Gasteiger partial charge in [-0.05, 0) is 68.5 Å². The normalized spacial score (nSPS) is 18.1. The summed E-state index contributed by atoms with van der Waals surface area (Å²) in [6.07, 6.45) is 0.0948. The van der Waals surface area contributed by atoms with Crippen LogP contribution in [0.3, 0.4) is 0 Å². The van der Waals surface area contributed by atoms with E-state index in [2.05, 4.69) is 16.2 Å². The maximum absolute atomic E-state index is 12.4. The fraction of sp³-hybridized carbons (Fsp3) is 0.348. The molecule has 0 heterocycles. The lowest BCUT2D eigenvalue weighted by molar-refractivity contribution is -0.128. The minimum absolute atomic E-state index is 0.0363. The number of nitrogens with one attached hydrogen (secondary N) is 3. The van der Waals surface area contributed by atoms with Crippen LogP contribution in [0.1, 0.15) is 41.8 Å². The number of carbonyl (C=O) groups excluding carboxylic acids is 3. The topological polar surface area (TPSA) is 96.5 Å². The second-order valence-corrected chi connectivity index (χ2v) is 7.79. The molecule has 7 nitrogen and oxygen atoms in total. The first-order chi connectivity index (χ1) is 14.3. The summed E-state index contributed by atoms with van der Waals surface area (Å²) in [6.45, 7) is 7.53. The summed E-state index contributed by atoms with van der Waals surface area (Å²) in [5.74, 6) is 0.0672. The quantitative estimate of drug-likeness (QED) is 0.639. The Hall–Kier alpha value is -3.35. The largest absolute Gasteiger partial charge is 0.481 e. The molecule has 1 fully saturated rings. The van der Waals surface area contributed by atoms with E-state index in [9.17, 15) is 14.4 Å². The molecule has 3 rings (SSSR count). The molecule has 1 saturated carbocycles. The summed E-state index contributed by atoms with van der Waals surface area (Å²) < 4.78 is 5.71. The summed E-state index contributed by atoms with van der Waals surface area (Å²) in [5.41, 5.74) is 7.65. The molecular formula is C23H27N3O4. The highest BCUT2D eigenvalue weighted by Gasteiger charge is 2.39. The maximum atomic E-state index is 12.4. The lowest BCUT2D eigenvalue weighted by Gasteiger charge is -2.17. The number of hydrogen-bond acceptors (Lipinski definition) is 4. The van der Waals surface area contributed by atoms with Crippen LogP contribution in [0.25, 0.3) is 0 Å². The number of anilines is 1. The molecule has 0 radical (unpaired) electrons. The van der Waals surface area contributed by atoms with Crippen molar-refractivity contribution in [3.05, 3.63) is 59.2 Å². The van der Waals surface area contributed by atoms with Crippen molar-refractivity contribution in [1.29, 1.82) is 0 Å². The molecule has 0 aromatic heterocycles. The molecule has 1 aliphatic rings. The monoisotopic (exact) mass is 409 g/mol. The van der Waals surface area contributed by atoms with Gasteiger partial charge in [0.05, 0.1) is 0 Å². The molecule has 1 aliphatic carbocycles. The van der Waals surface area contributed by atoms with Crippen LogP contribution < -0.4 is 20.9 Å². The minimum Gasteiger partial charge on any atom is -0.481 e. The van der Waals surface area contributed by atoms with E-state index >= 15 is 0 Å². The lowest BCUT2D eigenvalue weighted by Crippen LogP contribution is -2.47. The Morgan fingerprint density at radius 1 is 1.07 bits per heavy atom. The third-order valence-electron chi connectivity index (χ3n) is 5.37. The highest BCUT2D eigenvalue weighted by Crippen LogP contribution is 2.38. The Bertz CT molecular complexity index is 973. The number of hydrogen-bond donors (Lipinski definition) is 3. The van der Waals surface area contributed by atoms with Crippen molar-refractivity contribution in [2.45, 2.75) is 40.2 Å². The first-order valence-electron chi connectivity index (χ1n) is 10.00. The van der Waals surface area contributed by atoms with Gasteiger partial charge in [0.2, 0.25) is 5.91 Å². The van der Waals surface area contributed by atoms with Crippen molar-refractivity contribution in [2.24, 2.45) is 11.8 Å². The molecule has 30 heavy (non-hydrogen) atoms. The molecular weight excluding hydrogens is 382 g/mol. The van der Waals surface area contributed by atoms with E-state index in [0.717, 1.165) is 17.5 Å². The third kappa shape index (κ3) is 5.17. The Balaban J connectivity index is 1.53. The average molecular weight is 409 g/mol. The van der Waals surface area contributed by atoms with Crippen LogP contribution in [0.5, 0.6) is 5.75 Å². The van der Waals surface area contributed by atoms with Crippen molar-refractivity contribution in [3.8, 4) is 5.75 Å². The minimum atomic E-state index is -0.794. The molecule has 0 bridgehead atoms. The van der Waals surface area contributed by atoms with E-state index in [-0.39, 0.29) is 11.8 Å². The predicted octanol–water partition coefficient (Wildman–Crippen LogP) is 3.13. The van der Waals surface area contributed by atoms with Crippen LogP contribution in [0.2, 0.25) is 0 Å². The van der Waals surface area contributed by atoms with Crippen molar-refractivity contribution in [3.63, 3.8) is 0 Å². The van der Waals surface area contributed by atoms with Gasteiger partial charge in [0, 0.05) is 17.2 Å². The van der Waals surface area contributed by atoms with Gasteiger partial charge in [0.1, 0.15) is 5.75 Å².